The number of carbonyl (C=O) groups is 1. The summed E-state index contributed by atoms with van der Waals surface area (Å²) in [6.45, 7) is 4.41. The molecule has 8 heteroatoms. The predicted octanol–water partition coefficient (Wildman–Crippen LogP) is 4.40. The first-order chi connectivity index (χ1) is 13.0. The fourth-order valence-corrected chi connectivity index (χ4v) is 2.87. The molecule has 0 spiro atoms. The first-order valence-electron chi connectivity index (χ1n) is 8.68. The smallest absolute Gasteiger partial charge is 0.253 e. The van der Waals surface area contributed by atoms with Crippen molar-refractivity contribution in [2.24, 2.45) is 11.7 Å². The Kier molecular flexibility index (Phi) is 7.57. The molecule has 0 bridgehead atoms. The molecule has 0 radical (unpaired) electrons. The summed E-state index contributed by atoms with van der Waals surface area (Å²) in [7, 11) is 0. The predicted molar refractivity (Wildman–Crippen MR) is 111 cm³/mol. The number of nitrogens with two attached hydrogens (primary N) is 1. The number of halogens is 2. The highest BCUT2D eigenvalue weighted by atomic mass is 35.5. The standard InChI is InChI=1S/C20H21ClN4O2.ClH/c1-12(2)17(23-19(26)15-5-3-4-6-16(15)21)20-24-18(25-27-20)14-9-7-13(11-22)8-10-14;/h3-10,12,17H,11,22H2,1-2H3,(H,23,26);1H. The molecule has 1 atom stereocenters. The molecule has 0 fully saturated rings. The monoisotopic (exact) mass is 420 g/mol. The van der Waals surface area contributed by atoms with Crippen molar-refractivity contribution in [3.63, 3.8) is 0 Å². The Morgan fingerprint density at radius 2 is 1.86 bits per heavy atom. The second-order valence-electron chi connectivity index (χ2n) is 6.53. The molecular weight excluding hydrogens is 399 g/mol. The molecule has 0 saturated heterocycles. The number of hydrogen-bond donors (Lipinski definition) is 2. The highest BCUT2D eigenvalue weighted by molar-refractivity contribution is 6.33. The van der Waals surface area contributed by atoms with Crippen molar-refractivity contribution in [1.29, 1.82) is 0 Å². The average molecular weight is 421 g/mol. The van der Waals surface area contributed by atoms with Gasteiger partial charge in [0.25, 0.3) is 5.91 Å². The van der Waals surface area contributed by atoms with Crippen LogP contribution in [0.5, 0.6) is 0 Å². The molecule has 1 amide bonds. The van der Waals surface area contributed by atoms with Crippen molar-refractivity contribution >= 4 is 29.9 Å². The second kappa shape index (κ2) is 9.68. The van der Waals surface area contributed by atoms with Gasteiger partial charge in [0.2, 0.25) is 11.7 Å². The summed E-state index contributed by atoms with van der Waals surface area (Å²) >= 11 is 6.12. The van der Waals surface area contributed by atoms with Crippen LogP contribution in [0.3, 0.4) is 0 Å². The molecule has 0 aliphatic heterocycles. The lowest BCUT2D eigenvalue weighted by molar-refractivity contribution is 0.0914. The number of amides is 1. The third-order valence-corrected chi connectivity index (χ3v) is 4.56. The lowest BCUT2D eigenvalue weighted by Crippen LogP contribution is -2.32. The first kappa shape index (κ1) is 21.9. The van der Waals surface area contributed by atoms with E-state index in [0.717, 1.165) is 11.1 Å². The Labute approximate surface area is 174 Å². The second-order valence-corrected chi connectivity index (χ2v) is 6.94. The van der Waals surface area contributed by atoms with Gasteiger partial charge in [-0.1, -0.05) is 67.0 Å². The van der Waals surface area contributed by atoms with Gasteiger partial charge in [0, 0.05) is 12.1 Å². The quantitative estimate of drug-likeness (QED) is 0.616. The average Bonchev–Trinajstić information content (AvgIpc) is 3.16. The number of hydrogen-bond acceptors (Lipinski definition) is 5. The van der Waals surface area contributed by atoms with Gasteiger partial charge in [-0.25, -0.2) is 0 Å². The summed E-state index contributed by atoms with van der Waals surface area (Å²) in [5, 5.41) is 7.38. The van der Waals surface area contributed by atoms with E-state index in [-0.39, 0.29) is 24.2 Å². The van der Waals surface area contributed by atoms with Gasteiger partial charge in [-0.3, -0.25) is 4.79 Å². The van der Waals surface area contributed by atoms with E-state index in [0.29, 0.717) is 28.8 Å². The van der Waals surface area contributed by atoms with E-state index in [9.17, 15) is 4.79 Å². The third-order valence-electron chi connectivity index (χ3n) is 4.23. The van der Waals surface area contributed by atoms with Crippen molar-refractivity contribution in [3.05, 3.63) is 70.6 Å². The van der Waals surface area contributed by atoms with Gasteiger partial charge in [0.1, 0.15) is 6.04 Å². The SMILES string of the molecule is CC(C)C(NC(=O)c1ccccc1Cl)c1nc(-c2ccc(CN)cc2)no1.Cl. The van der Waals surface area contributed by atoms with Crippen LogP contribution < -0.4 is 11.1 Å². The van der Waals surface area contributed by atoms with Gasteiger partial charge in [-0.15, -0.1) is 12.4 Å². The number of nitrogens with one attached hydrogen (secondary N) is 1. The molecule has 1 aromatic heterocycles. The molecule has 148 valence electrons. The van der Waals surface area contributed by atoms with E-state index in [1.165, 1.54) is 0 Å². The molecule has 0 aliphatic rings. The minimum Gasteiger partial charge on any atom is -0.340 e. The Bertz CT molecular complexity index is 926. The fraction of sp³-hybridized carbons (Fsp3) is 0.250. The Hall–Kier alpha value is -2.41. The molecule has 1 heterocycles. The van der Waals surface area contributed by atoms with Gasteiger partial charge in [-0.05, 0) is 23.6 Å². The minimum absolute atomic E-state index is 0. The lowest BCUT2D eigenvalue weighted by Gasteiger charge is -2.18. The van der Waals surface area contributed by atoms with Crippen LogP contribution in [0.2, 0.25) is 5.02 Å². The number of rotatable bonds is 6. The Morgan fingerprint density at radius 3 is 2.46 bits per heavy atom. The molecule has 0 aliphatic carbocycles. The number of carbonyl (C=O) groups excluding carboxylic acids is 1. The minimum atomic E-state index is -0.432. The van der Waals surface area contributed by atoms with E-state index < -0.39 is 6.04 Å². The molecular formula is C20H22Cl2N4O2. The van der Waals surface area contributed by atoms with E-state index in [1.54, 1.807) is 24.3 Å². The summed E-state index contributed by atoms with van der Waals surface area (Å²) in [5.41, 5.74) is 7.87. The van der Waals surface area contributed by atoms with Crippen LogP contribution in [-0.2, 0) is 6.54 Å². The van der Waals surface area contributed by atoms with Crippen LogP contribution in [0.4, 0.5) is 0 Å². The van der Waals surface area contributed by atoms with Crippen LogP contribution >= 0.6 is 24.0 Å². The van der Waals surface area contributed by atoms with E-state index in [1.807, 2.05) is 38.1 Å². The molecule has 1 unspecified atom stereocenters. The van der Waals surface area contributed by atoms with Crippen LogP contribution in [0.15, 0.2) is 53.1 Å². The molecule has 2 aromatic carbocycles. The zero-order valence-electron chi connectivity index (χ0n) is 15.6. The maximum absolute atomic E-state index is 12.6. The van der Waals surface area contributed by atoms with Gasteiger partial charge in [0.05, 0.1) is 10.6 Å². The number of nitrogens with zero attached hydrogens (tertiary/aromatic N) is 2. The van der Waals surface area contributed by atoms with Crippen molar-refractivity contribution in [1.82, 2.24) is 15.5 Å². The first-order valence-corrected chi connectivity index (χ1v) is 9.05. The van der Waals surface area contributed by atoms with Gasteiger partial charge < -0.3 is 15.6 Å². The summed E-state index contributed by atoms with van der Waals surface area (Å²) in [6, 6.07) is 14.1. The van der Waals surface area contributed by atoms with Crippen LogP contribution in [0.1, 0.15) is 41.7 Å². The molecule has 28 heavy (non-hydrogen) atoms. The van der Waals surface area contributed by atoms with Crippen molar-refractivity contribution in [3.8, 4) is 11.4 Å². The van der Waals surface area contributed by atoms with Crippen LogP contribution in [0.25, 0.3) is 11.4 Å². The molecule has 6 nitrogen and oxygen atoms in total. The van der Waals surface area contributed by atoms with Gasteiger partial charge in [-0.2, -0.15) is 4.98 Å². The van der Waals surface area contributed by atoms with Crippen molar-refractivity contribution in [2.45, 2.75) is 26.4 Å². The fourth-order valence-electron chi connectivity index (χ4n) is 2.65. The zero-order chi connectivity index (χ0) is 19.4. The van der Waals surface area contributed by atoms with Crippen LogP contribution in [0, 0.1) is 5.92 Å². The highest BCUT2D eigenvalue weighted by Gasteiger charge is 2.26. The molecule has 3 N–H and O–H groups in total. The zero-order valence-corrected chi connectivity index (χ0v) is 17.1. The Morgan fingerprint density at radius 1 is 1.18 bits per heavy atom. The Balaban J connectivity index is 0.00000280. The molecule has 0 saturated carbocycles. The molecule has 3 rings (SSSR count). The molecule has 3 aromatic rings. The maximum Gasteiger partial charge on any atom is 0.253 e. The third kappa shape index (κ3) is 4.90. The summed E-state index contributed by atoms with van der Waals surface area (Å²) in [5.74, 6) is 0.574. The van der Waals surface area contributed by atoms with Gasteiger partial charge in [0.15, 0.2) is 0 Å². The van der Waals surface area contributed by atoms with E-state index in [4.69, 9.17) is 21.9 Å². The van der Waals surface area contributed by atoms with Crippen molar-refractivity contribution < 1.29 is 9.32 Å². The number of benzene rings is 2. The summed E-state index contributed by atoms with van der Waals surface area (Å²) < 4.78 is 5.43. The van der Waals surface area contributed by atoms with Crippen LogP contribution in [-0.4, -0.2) is 16.0 Å². The summed E-state index contributed by atoms with van der Waals surface area (Å²) in [4.78, 5) is 17.1. The highest BCUT2D eigenvalue weighted by Crippen LogP contribution is 2.25. The lowest BCUT2D eigenvalue weighted by atomic mass is 10.0. The van der Waals surface area contributed by atoms with Crippen molar-refractivity contribution in [2.75, 3.05) is 0 Å². The van der Waals surface area contributed by atoms with Gasteiger partial charge >= 0.3 is 0 Å². The largest absolute Gasteiger partial charge is 0.340 e. The number of aromatic nitrogens is 2. The topological polar surface area (TPSA) is 94.0 Å². The van der Waals surface area contributed by atoms with E-state index >= 15 is 0 Å². The maximum atomic E-state index is 12.6. The summed E-state index contributed by atoms with van der Waals surface area (Å²) in [6.07, 6.45) is 0. The van der Waals surface area contributed by atoms with E-state index in [2.05, 4.69) is 15.5 Å². The normalized spacial score (nSPS) is 11.8.